The van der Waals surface area contributed by atoms with Crippen LogP contribution < -0.4 is 5.32 Å². The molecule has 13 heteroatoms. The number of hydrogen-bond donors (Lipinski definition) is 4. The van der Waals surface area contributed by atoms with E-state index in [2.05, 4.69) is 5.32 Å². The number of aliphatic hydroxyl groups excluding tert-OH is 2. The van der Waals surface area contributed by atoms with Crippen molar-refractivity contribution in [1.82, 2.24) is 4.90 Å². The minimum absolute atomic E-state index is 0.0270. The van der Waals surface area contributed by atoms with Gasteiger partial charge in [-0.05, 0) is 48.0 Å². The maximum Gasteiger partial charge on any atom is 0.261 e. The van der Waals surface area contributed by atoms with Gasteiger partial charge in [0.25, 0.3) is 5.91 Å². The lowest BCUT2D eigenvalue weighted by Gasteiger charge is -2.42. The normalized spacial score (nSPS) is 20.1. The van der Waals surface area contributed by atoms with E-state index >= 15 is 0 Å². The molecule has 0 unspecified atom stereocenters. The van der Waals surface area contributed by atoms with Crippen LogP contribution in [-0.4, -0.2) is 52.4 Å². The molecule has 4 aromatic rings. The lowest BCUT2D eigenvalue weighted by molar-refractivity contribution is -0.276. The molecule has 5 rings (SSSR count). The minimum atomic E-state index is -2.38. The van der Waals surface area contributed by atoms with Crippen LogP contribution in [0.2, 0.25) is 0 Å². The number of anilines is 1. The number of carbonyl (C=O) groups is 1. The highest BCUT2D eigenvalue weighted by atomic mass is 19.2. The second-order valence-corrected chi connectivity index (χ2v) is 11.7. The number of benzene rings is 4. The molecule has 1 fully saturated rings. The van der Waals surface area contributed by atoms with Crippen molar-refractivity contribution in [2.75, 3.05) is 25.5 Å². The number of nitrogens with zero attached hydrogens (tertiary/aromatic N) is 1. The zero-order valence-corrected chi connectivity index (χ0v) is 25.8. The van der Waals surface area contributed by atoms with Gasteiger partial charge in [0.1, 0.15) is 11.3 Å². The molecule has 1 aliphatic rings. The van der Waals surface area contributed by atoms with Crippen LogP contribution in [0.3, 0.4) is 0 Å². The molecule has 0 radical (unpaired) electrons. The summed E-state index contributed by atoms with van der Waals surface area (Å²) in [5.41, 5.74) is 0.742. The third-order valence-corrected chi connectivity index (χ3v) is 8.21. The lowest BCUT2D eigenvalue weighted by Crippen LogP contribution is -2.44. The third kappa shape index (κ3) is 7.50. The summed E-state index contributed by atoms with van der Waals surface area (Å²) in [5, 5.41) is 32.3. The number of ether oxygens (including phenoxy) is 2. The Bertz CT molecular complexity index is 1750. The Hall–Kier alpha value is -4.40. The maximum atomic E-state index is 14.3. The maximum absolute atomic E-state index is 14.3. The minimum Gasteiger partial charge on any atom is -0.508 e. The highest BCUT2D eigenvalue weighted by Gasteiger charge is 2.39. The summed E-state index contributed by atoms with van der Waals surface area (Å²) < 4.78 is 82.4. The molecular weight excluding hydrogens is 639 g/mol. The van der Waals surface area contributed by atoms with Gasteiger partial charge in [-0.1, -0.05) is 55.5 Å². The first-order valence-electron chi connectivity index (χ1n) is 15.0. The van der Waals surface area contributed by atoms with Gasteiger partial charge in [-0.3, -0.25) is 4.79 Å². The number of rotatable bonds is 10. The van der Waals surface area contributed by atoms with Crippen molar-refractivity contribution in [3.63, 3.8) is 0 Å². The van der Waals surface area contributed by atoms with Crippen molar-refractivity contribution < 1.29 is 51.5 Å². The van der Waals surface area contributed by atoms with E-state index < -0.39 is 65.2 Å². The Morgan fingerprint density at radius 3 is 2.17 bits per heavy atom. The fourth-order valence-corrected chi connectivity index (χ4v) is 5.60. The van der Waals surface area contributed by atoms with Crippen molar-refractivity contribution in [3.05, 3.63) is 130 Å². The molecule has 0 aliphatic carbocycles. The quantitative estimate of drug-likeness (QED) is 0.0891. The van der Waals surface area contributed by atoms with Crippen molar-refractivity contribution >= 4 is 11.6 Å². The first-order chi connectivity index (χ1) is 22.9. The first kappa shape index (κ1) is 34.9. The molecule has 0 aromatic heterocycles. The summed E-state index contributed by atoms with van der Waals surface area (Å²) in [6.45, 7) is 2.33. The van der Waals surface area contributed by atoms with Crippen LogP contribution >= 0.6 is 0 Å². The summed E-state index contributed by atoms with van der Waals surface area (Å²) in [6, 6.07) is 19.3. The molecule has 1 heterocycles. The largest absolute Gasteiger partial charge is 0.508 e. The average Bonchev–Trinajstić information content (AvgIpc) is 3.07. The number of nitrogens with one attached hydrogen (secondary N) is 1. The van der Waals surface area contributed by atoms with Gasteiger partial charge in [-0.25, -0.2) is 22.0 Å². The molecule has 0 spiro atoms. The Labute approximate surface area is 273 Å². The number of likely N-dealkylation sites (N-methyl/N-ethyl adjacent to an activating group) is 1. The van der Waals surface area contributed by atoms with Gasteiger partial charge < -0.3 is 35.0 Å². The van der Waals surface area contributed by atoms with E-state index in [0.29, 0.717) is 23.2 Å². The predicted octanol–water partition coefficient (Wildman–Crippen LogP) is 6.29. The van der Waals surface area contributed by atoms with E-state index in [-0.39, 0.29) is 30.5 Å². The Morgan fingerprint density at radius 2 is 1.52 bits per heavy atom. The molecule has 4 aromatic carbocycles. The zero-order valence-electron chi connectivity index (χ0n) is 25.8. The summed E-state index contributed by atoms with van der Waals surface area (Å²) in [4.78, 5) is 14.6. The standard InChI is InChI=1S/C35H33F5N2O6/c1-18-26(16-42(2)15-25(45)21-5-4-8-24(44)14-21)47-35(48-33(18)20-11-9-19(17-43)10-12-20)22-6-3-7-23(13-22)41-34(46)27-28(36)30(38)32(40)31(39)29(27)37/h3-14,18,25-26,33,35,43-45H,15-17H2,1-2H3,(H,41,46)/t18-,25-,26+,33+,35+/m1/s1. The van der Waals surface area contributed by atoms with E-state index in [1.54, 1.807) is 37.4 Å². The number of aromatic hydroxyl groups is 1. The van der Waals surface area contributed by atoms with Crippen LogP contribution in [0.4, 0.5) is 27.6 Å². The Balaban J connectivity index is 1.39. The van der Waals surface area contributed by atoms with Crippen LogP contribution in [0.1, 0.15) is 58.0 Å². The summed E-state index contributed by atoms with van der Waals surface area (Å²) in [6.07, 6.45) is -2.96. The molecular formula is C35H33F5N2O6. The van der Waals surface area contributed by atoms with E-state index in [4.69, 9.17) is 9.47 Å². The van der Waals surface area contributed by atoms with Gasteiger partial charge in [-0.15, -0.1) is 0 Å². The molecule has 0 saturated carbocycles. The van der Waals surface area contributed by atoms with Crippen molar-refractivity contribution in [2.45, 2.75) is 38.1 Å². The third-order valence-electron chi connectivity index (χ3n) is 8.21. The zero-order chi connectivity index (χ0) is 34.7. The van der Waals surface area contributed by atoms with Crippen LogP contribution in [0, 0.1) is 35.0 Å². The smallest absolute Gasteiger partial charge is 0.261 e. The van der Waals surface area contributed by atoms with E-state index in [1.165, 1.54) is 30.3 Å². The highest BCUT2D eigenvalue weighted by Crippen LogP contribution is 2.42. The van der Waals surface area contributed by atoms with Gasteiger partial charge in [0.05, 0.1) is 24.9 Å². The van der Waals surface area contributed by atoms with Crippen LogP contribution in [0.5, 0.6) is 5.75 Å². The second kappa shape index (κ2) is 14.8. The van der Waals surface area contributed by atoms with Crippen LogP contribution in [0.25, 0.3) is 0 Å². The first-order valence-corrected chi connectivity index (χ1v) is 15.0. The molecule has 0 bridgehead atoms. The van der Waals surface area contributed by atoms with Crippen LogP contribution in [0.15, 0.2) is 72.8 Å². The summed E-state index contributed by atoms with van der Waals surface area (Å²) >= 11 is 0. The summed E-state index contributed by atoms with van der Waals surface area (Å²) in [7, 11) is 1.80. The summed E-state index contributed by atoms with van der Waals surface area (Å²) in [5.74, 6) is -13.1. The molecule has 48 heavy (non-hydrogen) atoms. The van der Waals surface area contributed by atoms with E-state index in [1.807, 2.05) is 24.0 Å². The van der Waals surface area contributed by atoms with Gasteiger partial charge in [-0.2, -0.15) is 0 Å². The number of carbonyl (C=O) groups excluding carboxylic acids is 1. The van der Waals surface area contributed by atoms with Gasteiger partial charge in [0.2, 0.25) is 5.82 Å². The highest BCUT2D eigenvalue weighted by molar-refractivity contribution is 6.04. The number of amides is 1. The molecule has 1 saturated heterocycles. The monoisotopic (exact) mass is 672 g/mol. The van der Waals surface area contributed by atoms with Crippen molar-refractivity contribution in [1.29, 1.82) is 0 Å². The topological polar surface area (TPSA) is 111 Å². The average molecular weight is 673 g/mol. The lowest BCUT2D eigenvalue weighted by atomic mass is 9.90. The van der Waals surface area contributed by atoms with Gasteiger partial charge in [0, 0.05) is 30.3 Å². The van der Waals surface area contributed by atoms with Crippen molar-refractivity contribution in [3.8, 4) is 5.75 Å². The van der Waals surface area contributed by atoms with E-state index in [0.717, 1.165) is 5.56 Å². The second-order valence-electron chi connectivity index (χ2n) is 11.7. The Morgan fingerprint density at radius 1 is 0.875 bits per heavy atom. The SMILES string of the molecule is C[C@@H]1[C@H](CN(C)C[C@@H](O)c2cccc(O)c2)O[C@H](c2cccc(NC(=O)c3c(F)c(F)c(F)c(F)c3F)c2)O[C@@H]1c1ccc(CO)cc1. The number of aliphatic hydroxyl groups is 2. The Kier molecular flexibility index (Phi) is 10.8. The fourth-order valence-electron chi connectivity index (χ4n) is 5.60. The van der Waals surface area contributed by atoms with Gasteiger partial charge >= 0.3 is 0 Å². The molecule has 8 nitrogen and oxygen atoms in total. The van der Waals surface area contributed by atoms with Gasteiger partial charge in [0.15, 0.2) is 29.6 Å². The molecule has 254 valence electrons. The van der Waals surface area contributed by atoms with E-state index in [9.17, 15) is 42.1 Å². The van der Waals surface area contributed by atoms with Crippen LogP contribution in [-0.2, 0) is 16.1 Å². The molecule has 1 amide bonds. The number of phenolic OH excluding ortho intramolecular Hbond substituents is 1. The predicted molar refractivity (Wildman–Crippen MR) is 164 cm³/mol. The number of hydrogen-bond acceptors (Lipinski definition) is 7. The molecule has 1 aliphatic heterocycles. The number of phenols is 1. The molecule has 5 atom stereocenters. The molecule has 4 N–H and O–H groups in total. The fraction of sp³-hybridized carbons (Fsp3) is 0.286. The number of halogens is 5. The van der Waals surface area contributed by atoms with Crippen molar-refractivity contribution in [2.24, 2.45) is 5.92 Å².